The summed E-state index contributed by atoms with van der Waals surface area (Å²) in [6.45, 7) is 8.54. The SMILES string of the molecule is Cc1cc(Nc2nc(Nc3cc(C)c(C4CCN(CCO)CC4)cc3C)ncc2C(F)(F)F)n[nH]1. The first-order valence-electron chi connectivity index (χ1n) is 11.6. The minimum absolute atomic E-state index is 0.0559. The maximum atomic E-state index is 13.5. The Hall–Kier alpha value is -3.18. The van der Waals surface area contributed by atoms with Crippen LogP contribution in [0.25, 0.3) is 0 Å². The molecule has 35 heavy (non-hydrogen) atoms. The Bertz CT molecular complexity index is 1170. The highest BCUT2D eigenvalue weighted by molar-refractivity contribution is 5.64. The number of benzene rings is 1. The van der Waals surface area contributed by atoms with E-state index >= 15 is 0 Å². The predicted octanol–water partition coefficient (Wildman–Crippen LogP) is 4.80. The summed E-state index contributed by atoms with van der Waals surface area (Å²) in [5.74, 6) is 0.356. The van der Waals surface area contributed by atoms with Gasteiger partial charge in [0.15, 0.2) is 5.82 Å². The van der Waals surface area contributed by atoms with Crippen molar-refractivity contribution in [1.29, 1.82) is 0 Å². The molecule has 0 radical (unpaired) electrons. The highest BCUT2D eigenvalue weighted by Crippen LogP contribution is 2.36. The molecule has 4 N–H and O–H groups in total. The third-order valence-corrected chi connectivity index (χ3v) is 6.35. The molecule has 3 aromatic rings. The second kappa shape index (κ2) is 10.2. The maximum absolute atomic E-state index is 13.5. The lowest BCUT2D eigenvalue weighted by atomic mass is 9.85. The number of hydrogen-bond acceptors (Lipinski definition) is 7. The van der Waals surface area contributed by atoms with Crippen LogP contribution in [0.4, 0.5) is 36.4 Å². The molecule has 2 aromatic heterocycles. The molecular weight excluding hydrogens is 459 g/mol. The summed E-state index contributed by atoms with van der Waals surface area (Å²) in [7, 11) is 0. The molecule has 1 saturated heterocycles. The van der Waals surface area contributed by atoms with Gasteiger partial charge in [-0.2, -0.15) is 23.3 Å². The number of β-amino-alcohol motifs (C(OH)–C–C–N with tert-alkyl or cyclic N) is 1. The topological polar surface area (TPSA) is 102 Å². The van der Waals surface area contributed by atoms with Crippen LogP contribution in [-0.4, -0.2) is 56.4 Å². The van der Waals surface area contributed by atoms with Crippen molar-refractivity contribution in [2.24, 2.45) is 0 Å². The number of nitrogens with one attached hydrogen (secondary N) is 3. The summed E-state index contributed by atoms with van der Waals surface area (Å²) in [5.41, 5.74) is 3.82. The van der Waals surface area contributed by atoms with Gasteiger partial charge in [-0.3, -0.25) is 5.10 Å². The van der Waals surface area contributed by atoms with Gasteiger partial charge in [0.05, 0.1) is 6.61 Å². The summed E-state index contributed by atoms with van der Waals surface area (Å²) < 4.78 is 40.6. The summed E-state index contributed by atoms with van der Waals surface area (Å²) in [6, 6.07) is 5.73. The molecule has 1 aliphatic rings. The average molecular weight is 490 g/mol. The number of halogens is 3. The van der Waals surface area contributed by atoms with Gasteiger partial charge >= 0.3 is 6.18 Å². The molecule has 0 aliphatic carbocycles. The van der Waals surface area contributed by atoms with Crippen molar-refractivity contribution >= 4 is 23.3 Å². The smallest absolute Gasteiger partial charge is 0.395 e. The number of aryl methyl sites for hydroxylation is 3. The number of anilines is 4. The van der Waals surface area contributed by atoms with Crippen LogP contribution in [-0.2, 0) is 6.18 Å². The number of piperidine rings is 1. The van der Waals surface area contributed by atoms with Crippen LogP contribution >= 0.6 is 0 Å². The van der Waals surface area contributed by atoms with E-state index in [4.69, 9.17) is 5.11 Å². The summed E-state index contributed by atoms with van der Waals surface area (Å²) >= 11 is 0. The molecule has 1 fully saturated rings. The quantitative estimate of drug-likeness (QED) is 0.378. The number of alkyl halides is 3. The summed E-state index contributed by atoms with van der Waals surface area (Å²) in [4.78, 5) is 10.3. The molecule has 3 heterocycles. The number of aliphatic hydroxyl groups excluding tert-OH is 1. The van der Waals surface area contributed by atoms with E-state index < -0.39 is 11.7 Å². The Morgan fingerprint density at radius 2 is 1.83 bits per heavy atom. The fourth-order valence-corrected chi connectivity index (χ4v) is 4.49. The van der Waals surface area contributed by atoms with Crippen LogP contribution < -0.4 is 10.6 Å². The zero-order valence-electron chi connectivity index (χ0n) is 20.0. The first kappa shape index (κ1) is 24.9. The second-order valence-electron chi connectivity index (χ2n) is 9.00. The molecule has 8 nitrogen and oxygen atoms in total. The third-order valence-electron chi connectivity index (χ3n) is 6.35. The molecule has 0 unspecified atom stereocenters. The number of H-pyrrole nitrogens is 1. The Morgan fingerprint density at radius 3 is 2.46 bits per heavy atom. The van der Waals surface area contributed by atoms with Crippen LogP contribution in [0.15, 0.2) is 24.4 Å². The van der Waals surface area contributed by atoms with Gasteiger partial charge in [-0.15, -0.1) is 0 Å². The second-order valence-corrected chi connectivity index (χ2v) is 9.00. The average Bonchev–Trinajstić information content (AvgIpc) is 3.21. The molecule has 11 heteroatoms. The van der Waals surface area contributed by atoms with Crippen molar-refractivity contribution in [3.8, 4) is 0 Å². The number of aromatic nitrogens is 4. The molecule has 188 valence electrons. The number of hydrogen-bond donors (Lipinski definition) is 4. The molecule has 0 saturated carbocycles. The van der Waals surface area contributed by atoms with E-state index in [2.05, 4.69) is 41.8 Å². The number of likely N-dealkylation sites (tertiary alicyclic amines) is 1. The van der Waals surface area contributed by atoms with Crippen LogP contribution in [0.1, 0.15) is 46.7 Å². The van der Waals surface area contributed by atoms with Crippen molar-refractivity contribution in [2.45, 2.75) is 45.7 Å². The Morgan fingerprint density at radius 1 is 1.09 bits per heavy atom. The van der Waals surface area contributed by atoms with Crippen LogP contribution in [0, 0.1) is 20.8 Å². The van der Waals surface area contributed by atoms with Gasteiger partial charge < -0.3 is 20.6 Å². The molecule has 0 atom stereocenters. The molecule has 1 aliphatic heterocycles. The number of aromatic amines is 1. The normalized spacial score (nSPS) is 15.4. The lowest BCUT2D eigenvalue weighted by Crippen LogP contribution is -2.35. The van der Waals surface area contributed by atoms with Crippen molar-refractivity contribution in [2.75, 3.05) is 36.9 Å². The first-order valence-corrected chi connectivity index (χ1v) is 11.6. The highest BCUT2D eigenvalue weighted by atomic mass is 19.4. The highest BCUT2D eigenvalue weighted by Gasteiger charge is 2.35. The van der Waals surface area contributed by atoms with Gasteiger partial charge in [-0.25, -0.2) is 4.98 Å². The largest absolute Gasteiger partial charge is 0.421 e. The van der Waals surface area contributed by atoms with Gasteiger partial charge in [0.1, 0.15) is 11.4 Å². The standard InChI is InChI=1S/C24H30F3N7O/c1-14-11-20(15(2)10-18(14)17-4-6-34(7-5-17)8-9-35)29-23-28-13-19(24(25,26)27)22(31-23)30-21-12-16(3)32-33-21/h10-13,17,35H,4-9H2,1-3H3,(H3,28,29,30,31,32,33). The van der Waals surface area contributed by atoms with E-state index in [1.54, 1.807) is 13.0 Å². The molecule has 0 spiro atoms. The zero-order chi connectivity index (χ0) is 25.2. The van der Waals surface area contributed by atoms with Gasteiger partial charge in [0.25, 0.3) is 0 Å². The van der Waals surface area contributed by atoms with E-state index in [9.17, 15) is 13.2 Å². The Balaban J connectivity index is 1.55. The van der Waals surface area contributed by atoms with Crippen LogP contribution in [0.5, 0.6) is 0 Å². The number of nitrogens with zero attached hydrogens (tertiary/aromatic N) is 4. The van der Waals surface area contributed by atoms with E-state index in [-0.39, 0.29) is 24.2 Å². The van der Waals surface area contributed by atoms with Gasteiger partial charge in [0, 0.05) is 30.2 Å². The van der Waals surface area contributed by atoms with Gasteiger partial charge in [-0.05, 0) is 75.4 Å². The Kier molecular flexibility index (Phi) is 7.27. The van der Waals surface area contributed by atoms with Crippen molar-refractivity contribution in [3.05, 3.63) is 52.3 Å². The fraction of sp³-hybridized carbons (Fsp3) is 0.458. The summed E-state index contributed by atoms with van der Waals surface area (Å²) in [5, 5.41) is 21.5. The molecule has 4 rings (SSSR count). The lowest BCUT2D eigenvalue weighted by molar-refractivity contribution is -0.137. The van der Waals surface area contributed by atoms with E-state index in [1.165, 1.54) is 5.56 Å². The minimum Gasteiger partial charge on any atom is -0.395 e. The van der Waals surface area contributed by atoms with E-state index in [0.29, 0.717) is 18.2 Å². The molecule has 0 bridgehead atoms. The van der Waals surface area contributed by atoms with Crippen molar-refractivity contribution in [3.63, 3.8) is 0 Å². The van der Waals surface area contributed by atoms with E-state index in [1.807, 2.05) is 19.9 Å². The van der Waals surface area contributed by atoms with Gasteiger partial charge in [-0.1, -0.05) is 6.07 Å². The lowest BCUT2D eigenvalue weighted by Gasteiger charge is -2.32. The monoisotopic (exact) mass is 489 g/mol. The zero-order valence-corrected chi connectivity index (χ0v) is 20.0. The van der Waals surface area contributed by atoms with Crippen molar-refractivity contribution < 1.29 is 18.3 Å². The first-order chi connectivity index (χ1) is 16.6. The predicted molar refractivity (Wildman–Crippen MR) is 128 cm³/mol. The number of rotatable bonds is 7. The fourth-order valence-electron chi connectivity index (χ4n) is 4.49. The van der Waals surface area contributed by atoms with Crippen molar-refractivity contribution in [1.82, 2.24) is 25.1 Å². The van der Waals surface area contributed by atoms with Gasteiger partial charge in [0.2, 0.25) is 5.95 Å². The van der Waals surface area contributed by atoms with Crippen LogP contribution in [0.2, 0.25) is 0 Å². The number of aliphatic hydroxyl groups is 1. The molecular formula is C24H30F3N7O. The van der Waals surface area contributed by atoms with E-state index in [0.717, 1.165) is 48.9 Å². The minimum atomic E-state index is -4.62. The maximum Gasteiger partial charge on any atom is 0.421 e. The molecule has 0 amide bonds. The Labute approximate surface area is 202 Å². The van der Waals surface area contributed by atoms with Crippen LogP contribution in [0.3, 0.4) is 0 Å². The molecule has 1 aromatic carbocycles. The third kappa shape index (κ3) is 5.91. The summed E-state index contributed by atoms with van der Waals surface area (Å²) in [6.07, 6.45) is -1.80.